The molecule has 0 spiro atoms. The topological polar surface area (TPSA) is 15.3 Å². The van der Waals surface area contributed by atoms with Gasteiger partial charge in [0.1, 0.15) is 5.82 Å². The quantitative estimate of drug-likeness (QED) is 0.845. The van der Waals surface area contributed by atoms with Crippen molar-refractivity contribution < 1.29 is 4.39 Å². The molecule has 1 aromatic rings. The minimum absolute atomic E-state index is 0.134. The van der Waals surface area contributed by atoms with Crippen LogP contribution in [-0.4, -0.2) is 25.7 Å². The molecule has 1 unspecified atom stereocenters. The molecule has 3 heteroatoms. The van der Waals surface area contributed by atoms with Gasteiger partial charge in [0.25, 0.3) is 0 Å². The van der Waals surface area contributed by atoms with Gasteiger partial charge in [0, 0.05) is 31.4 Å². The van der Waals surface area contributed by atoms with Crippen molar-refractivity contribution in [1.29, 1.82) is 0 Å². The summed E-state index contributed by atoms with van der Waals surface area (Å²) in [6, 6.07) is 5.68. The van der Waals surface area contributed by atoms with E-state index >= 15 is 0 Å². The number of benzene rings is 1. The summed E-state index contributed by atoms with van der Waals surface area (Å²) in [6.45, 7) is 7.31. The van der Waals surface area contributed by atoms with Crippen LogP contribution < -0.4 is 10.2 Å². The maximum Gasteiger partial charge on any atom is 0.125 e. The highest BCUT2D eigenvalue weighted by Gasteiger charge is 2.18. The van der Waals surface area contributed by atoms with Crippen LogP contribution in [0.1, 0.15) is 25.8 Å². The first kappa shape index (κ1) is 12.4. The lowest BCUT2D eigenvalue weighted by atomic mass is 10.2. The zero-order chi connectivity index (χ0) is 12.3. The molecular formula is C14H21FN2. The number of rotatable bonds is 5. The van der Waals surface area contributed by atoms with Gasteiger partial charge in [0.15, 0.2) is 0 Å². The maximum absolute atomic E-state index is 13.2. The molecule has 1 heterocycles. The smallest absolute Gasteiger partial charge is 0.125 e. The van der Waals surface area contributed by atoms with Crippen LogP contribution >= 0.6 is 0 Å². The molecule has 17 heavy (non-hydrogen) atoms. The van der Waals surface area contributed by atoms with Crippen LogP contribution in [0.25, 0.3) is 0 Å². The number of fused-ring (bicyclic) bond motifs is 1. The zero-order valence-corrected chi connectivity index (χ0v) is 10.7. The molecule has 1 N–H and O–H groups in total. The number of anilines is 1. The van der Waals surface area contributed by atoms with Gasteiger partial charge in [0.2, 0.25) is 0 Å². The number of halogens is 1. The summed E-state index contributed by atoms with van der Waals surface area (Å²) < 4.78 is 13.2. The third-order valence-corrected chi connectivity index (χ3v) is 3.53. The molecule has 0 aliphatic carbocycles. The molecule has 0 saturated carbocycles. The van der Waals surface area contributed by atoms with Crippen LogP contribution in [0.2, 0.25) is 0 Å². The summed E-state index contributed by atoms with van der Waals surface area (Å²) in [5, 5.41) is 3.47. The Bertz CT molecular complexity index is 378. The Labute approximate surface area is 103 Å². The predicted molar refractivity (Wildman–Crippen MR) is 70.1 cm³/mol. The Morgan fingerprint density at radius 3 is 3.06 bits per heavy atom. The predicted octanol–water partition coefficient (Wildman–Crippen LogP) is 2.58. The Morgan fingerprint density at radius 1 is 1.47 bits per heavy atom. The minimum Gasteiger partial charge on any atom is -0.370 e. The Morgan fingerprint density at radius 2 is 2.29 bits per heavy atom. The van der Waals surface area contributed by atoms with Crippen LogP contribution in [0, 0.1) is 5.82 Å². The summed E-state index contributed by atoms with van der Waals surface area (Å²) in [7, 11) is 0. The van der Waals surface area contributed by atoms with Gasteiger partial charge in [-0.15, -0.1) is 0 Å². The van der Waals surface area contributed by atoms with Gasteiger partial charge >= 0.3 is 0 Å². The average Bonchev–Trinajstić information content (AvgIpc) is 2.72. The number of nitrogens with one attached hydrogen (secondary N) is 1. The van der Waals surface area contributed by atoms with E-state index in [4.69, 9.17) is 0 Å². The van der Waals surface area contributed by atoms with E-state index in [1.165, 1.54) is 5.56 Å². The van der Waals surface area contributed by atoms with Crippen molar-refractivity contribution in [3.8, 4) is 0 Å². The van der Waals surface area contributed by atoms with Gasteiger partial charge in [-0.1, -0.05) is 13.0 Å². The molecule has 1 aliphatic heterocycles. The lowest BCUT2D eigenvalue weighted by Crippen LogP contribution is -2.35. The molecular weight excluding hydrogens is 215 g/mol. The first-order chi connectivity index (χ1) is 8.20. The Balaban J connectivity index is 1.91. The van der Waals surface area contributed by atoms with E-state index in [-0.39, 0.29) is 5.82 Å². The monoisotopic (exact) mass is 236 g/mol. The fourth-order valence-electron chi connectivity index (χ4n) is 2.24. The summed E-state index contributed by atoms with van der Waals surface area (Å²) in [5.41, 5.74) is 2.35. The average molecular weight is 236 g/mol. The molecule has 1 aliphatic rings. The van der Waals surface area contributed by atoms with E-state index in [1.807, 2.05) is 6.07 Å². The second-order valence-corrected chi connectivity index (χ2v) is 4.77. The molecule has 0 amide bonds. The van der Waals surface area contributed by atoms with Crippen LogP contribution in [0.3, 0.4) is 0 Å². The molecule has 0 saturated heterocycles. The zero-order valence-electron chi connectivity index (χ0n) is 10.7. The normalized spacial score (nSPS) is 16.1. The Hall–Kier alpha value is -1.09. The molecule has 2 rings (SSSR count). The van der Waals surface area contributed by atoms with Crippen LogP contribution in [0.5, 0.6) is 0 Å². The Kier molecular flexibility index (Phi) is 4.00. The van der Waals surface area contributed by atoms with Gasteiger partial charge < -0.3 is 10.2 Å². The first-order valence-corrected chi connectivity index (χ1v) is 6.47. The maximum atomic E-state index is 13.2. The third-order valence-electron chi connectivity index (χ3n) is 3.53. The molecule has 0 aromatic heterocycles. The van der Waals surface area contributed by atoms with E-state index in [1.54, 1.807) is 12.1 Å². The highest BCUT2D eigenvalue weighted by atomic mass is 19.1. The standard InChI is InChI=1S/C14H21FN2/c1-3-11(2)16-7-9-17-8-6-12-4-5-13(15)10-14(12)17/h4-5,10-11,16H,3,6-9H2,1-2H3. The SMILES string of the molecule is CCC(C)NCCN1CCc2ccc(F)cc21. The van der Waals surface area contributed by atoms with Gasteiger partial charge in [0.05, 0.1) is 0 Å². The van der Waals surface area contributed by atoms with Gasteiger partial charge in [-0.3, -0.25) is 0 Å². The summed E-state index contributed by atoms with van der Waals surface area (Å²) >= 11 is 0. The van der Waals surface area contributed by atoms with Crippen molar-refractivity contribution in [1.82, 2.24) is 5.32 Å². The van der Waals surface area contributed by atoms with Crippen LogP contribution in [0.4, 0.5) is 10.1 Å². The van der Waals surface area contributed by atoms with Crippen molar-refractivity contribution in [3.63, 3.8) is 0 Å². The number of hydrogen-bond acceptors (Lipinski definition) is 2. The van der Waals surface area contributed by atoms with Gasteiger partial charge in [-0.2, -0.15) is 0 Å². The number of hydrogen-bond donors (Lipinski definition) is 1. The summed E-state index contributed by atoms with van der Waals surface area (Å²) in [4.78, 5) is 2.27. The van der Waals surface area contributed by atoms with E-state index < -0.39 is 0 Å². The van der Waals surface area contributed by atoms with E-state index in [0.29, 0.717) is 6.04 Å². The summed E-state index contributed by atoms with van der Waals surface area (Å²) in [6.07, 6.45) is 2.18. The minimum atomic E-state index is -0.134. The molecule has 94 valence electrons. The van der Waals surface area contributed by atoms with Crippen molar-refractivity contribution in [2.75, 3.05) is 24.5 Å². The van der Waals surface area contributed by atoms with Gasteiger partial charge in [-0.25, -0.2) is 4.39 Å². The van der Waals surface area contributed by atoms with Crippen molar-refractivity contribution in [2.24, 2.45) is 0 Å². The van der Waals surface area contributed by atoms with E-state index in [2.05, 4.69) is 24.1 Å². The summed E-state index contributed by atoms with van der Waals surface area (Å²) in [5.74, 6) is -0.134. The lowest BCUT2D eigenvalue weighted by molar-refractivity contribution is 0.535. The molecule has 1 atom stereocenters. The molecule has 2 nitrogen and oxygen atoms in total. The third kappa shape index (κ3) is 2.97. The van der Waals surface area contributed by atoms with E-state index in [9.17, 15) is 4.39 Å². The van der Waals surface area contributed by atoms with Crippen molar-refractivity contribution in [2.45, 2.75) is 32.7 Å². The van der Waals surface area contributed by atoms with E-state index in [0.717, 1.165) is 38.2 Å². The van der Waals surface area contributed by atoms with Gasteiger partial charge in [-0.05, 0) is 37.5 Å². The molecule has 0 bridgehead atoms. The molecule has 1 aromatic carbocycles. The molecule has 0 radical (unpaired) electrons. The molecule has 0 fully saturated rings. The lowest BCUT2D eigenvalue weighted by Gasteiger charge is -2.21. The largest absolute Gasteiger partial charge is 0.370 e. The first-order valence-electron chi connectivity index (χ1n) is 6.47. The van der Waals surface area contributed by atoms with Crippen molar-refractivity contribution in [3.05, 3.63) is 29.6 Å². The second kappa shape index (κ2) is 5.50. The fraction of sp³-hybridized carbons (Fsp3) is 0.571. The van der Waals surface area contributed by atoms with Crippen molar-refractivity contribution >= 4 is 5.69 Å². The fourth-order valence-corrected chi connectivity index (χ4v) is 2.24. The van der Waals surface area contributed by atoms with Crippen LogP contribution in [0.15, 0.2) is 18.2 Å². The number of nitrogens with zero attached hydrogens (tertiary/aromatic N) is 1. The highest BCUT2D eigenvalue weighted by molar-refractivity contribution is 5.58. The highest BCUT2D eigenvalue weighted by Crippen LogP contribution is 2.27. The second-order valence-electron chi connectivity index (χ2n) is 4.77. The van der Waals surface area contributed by atoms with Crippen LogP contribution in [-0.2, 0) is 6.42 Å².